The predicted octanol–water partition coefficient (Wildman–Crippen LogP) is 3.73. The number of carbonyl (C=O) groups is 3. The number of hydrogen-bond acceptors (Lipinski definition) is 6. The molecular formula is C26H20N4O3S. The Kier molecular flexibility index (Phi) is 5.97. The first-order valence-electron chi connectivity index (χ1n) is 10.7. The zero-order valence-corrected chi connectivity index (χ0v) is 18.9. The summed E-state index contributed by atoms with van der Waals surface area (Å²) in [6.45, 7) is 0.189. The lowest BCUT2D eigenvalue weighted by Gasteiger charge is -2.25. The molecule has 2 aromatic heterocycles. The van der Waals surface area contributed by atoms with E-state index in [4.69, 9.17) is 0 Å². The number of hydrogen-bond donors (Lipinski definition) is 1. The van der Waals surface area contributed by atoms with Gasteiger partial charge in [0, 0.05) is 29.8 Å². The van der Waals surface area contributed by atoms with Crippen molar-refractivity contribution in [1.29, 1.82) is 0 Å². The summed E-state index contributed by atoms with van der Waals surface area (Å²) >= 11 is 1.47. The van der Waals surface area contributed by atoms with Gasteiger partial charge in [-0.2, -0.15) is 0 Å². The van der Waals surface area contributed by atoms with E-state index in [1.165, 1.54) is 11.3 Å². The summed E-state index contributed by atoms with van der Waals surface area (Å²) < 4.78 is 0. The Balaban J connectivity index is 1.37. The second-order valence-electron chi connectivity index (χ2n) is 7.83. The molecule has 2 aromatic carbocycles. The minimum absolute atomic E-state index is 0.189. The molecule has 0 fully saturated rings. The van der Waals surface area contributed by atoms with E-state index < -0.39 is 23.8 Å². The molecule has 5 rings (SSSR count). The van der Waals surface area contributed by atoms with E-state index in [0.717, 1.165) is 21.0 Å². The molecule has 1 aliphatic heterocycles. The third-order valence-electron chi connectivity index (χ3n) is 5.63. The van der Waals surface area contributed by atoms with Crippen molar-refractivity contribution in [1.82, 2.24) is 20.2 Å². The lowest BCUT2D eigenvalue weighted by molar-refractivity contribution is -0.125. The molecule has 8 heteroatoms. The van der Waals surface area contributed by atoms with Gasteiger partial charge in [-0.15, -0.1) is 11.3 Å². The van der Waals surface area contributed by atoms with Gasteiger partial charge in [0.2, 0.25) is 5.91 Å². The number of thiazole rings is 1. The number of carbonyl (C=O) groups excluding carboxylic acids is 3. The Bertz CT molecular complexity index is 1320. The van der Waals surface area contributed by atoms with Gasteiger partial charge in [0.15, 0.2) is 0 Å². The average molecular weight is 469 g/mol. The molecule has 0 radical (unpaired) electrons. The van der Waals surface area contributed by atoms with Crippen molar-refractivity contribution in [3.05, 3.63) is 107 Å². The Morgan fingerprint density at radius 2 is 1.56 bits per heavy atom. The molecule has 0 aliphatic carbocycles. The topological polar surface area (TPSA) is 92.3 Å². The zero-order chi connectivity index (χ0) is 23.5. The van der Waals surface area contributed by atoms with E-state index in [0.29, 0.717) is 16.8 Å². The van der Waals surface area contributed by atoms with E-state index in [1.54, 1.807) is 36.7 Å². The second kappa shape index (κ2) is 9.36. The van der Waals surface area contributed by atoms with E-state index in [1.807, 2.05) is 47.8 Å². The third kappa shape index (κ3) is 4.23. The van der Waals surface area contributed by atoms with Crippen molar-refractivity contribution >= 4 is 29.1 Å². The first kappa shape index (κ1) is 21.7. The number of nitrogens with zero attached hydrogens (tertiary/aromatic N) is 3. The number of rotatable bonds is 7. The number of benzene rings is 2. The maximum absolute atomic E-state index is 13.3. The highest BCUT2D eigenvalue weighted by atomic mass is 32.1. The molecule has 4 aromatic rings. The van der Waals surface area contributed by atoms with Crippen molar-refractivity contribution in [3.8, 4) is 10.6 Å². The smallest absolute Gasteiger partial charge is 0.262 e. The number of fused-ring (bicyclic) bond motifs is 1. The summed E-state index contributed by atoms with van der Waals surface area (Å²) in [4.78, 5) is 49.2. The molecule has 3 amide bonds. The molecule has 1 N–H and O–H groups in total. The second-order valence-corrected chi connectivity index (χ2v) is 8.69. The van der Waals surface area contributed by atoms with Crippen molar-refractivity contribution < 1.29 is 14.4 Å². The number of pyridine rings is 1. The van der Waals surface area contributed by atoms with E-state index in [2.05, 4.69) is 15.3 Å². The van der Waals surface area contributed by atoms with Crippen LogP contribution in [0.4, 0.5) is 0 Å². The van der Waals surface area contributed by atoms with Crippen LogP contribution in [0, 0.1) is 0 Å². The minimum Gasteiger partial charge on any atom is -0.349 e. The highest BCUT2D eigenvalue weighted by Crippen LogP contribution is 2.26. The van der Waals surface area contributed by atoms with Crippen molar-refractivity contribution in [2.24, 2.45) is 0 Å². The Labute approximate surface area is 200 Å². The van der Waals surface area contributed by atoms with E-state index >= 15 is 0 Å². The van der Waals surface area contributed by atoms with Crippen LogP contribution in [-0.2, 0) is 17.8 Å². The number of imide groups is 1. The van der Waals surface area contributed by atoms with Gasteiger partial charge in [0.1, 0.15) is 11.0 Å². The summed E-state index contributed by atoms with van der Waals surface area (Å²) in [5.74, 6) is -1.31. The van der Waals surface area contributed by atoms with Crippen molar-refractivity contribution in [2.45, 2.75) is 19.0 Å². The fourth-order valence-corrected chi connectivity index (χ4v) is 4.77. The van der Waals surface area contributed by atoms with E-state index in [-0.39, 0.29) is 13.0 Å². The molecule has 34 heavy (non-hydrogen) atoms. The highest BCUT2D eigenvalue weighted by Gasteiger charge is 2.42. The molecule has 0 bridgehead atoms. The van der Waals surface area contributed by atoms with Gasteiger partial charge >= 0.3 is 0 Å². The quantitative estimate of drug-likeness (QED) is 0.417. The van der Waals surface area contributed by atoms with Crippen LogP contribution in [0.5, 0.6) is 0 Å². The lowest BCUT2D eigenvalue weighted by atomic mass is 10.0. The van der Waals surface area contributed by atoms with Gasteiger partial charge in [0.25, 0.3) is 11.8 Å². The molecular weight excluding hydrogens is 448 g/mol. The van der Waals surface area contributed by atoms with Crippen LogP contribution in [0.15, 0.2) is 84.5 Å². The fourth-order valence-electron chi connectivity index (χ4n) is 3.94. The molecule has 1 unspecified atom stereocenters. The normalized spacial score (nSPS) is 13.6. The van der Waals surface area contributed by atoms with Crippen LogP contribution in [-0.4, -0.2) is 38.6 Å². The Morgan fingerprint density at radius 3 is 2.24 bits per heavy atom. The van der Waals surface area contributed by atoms with Gasteiger partial charge in [-0.3, -0.25) is 24.3 Å². The number of amides is 3. The van der Waals surface area contributed by atoms with Crippen LogP contribution < -0.4 is 5.32 Å². The van der Waals surface area contributed by atoms with Gasteiger partial charge in [-0.25, -0.2) is 4.98 Å². The molecule has 1 aliphatic rings. The van der Waals surface area contributed by atoms with E-state index in [9.17, 15) is 14.4 Å². The SMILES string of the molecule is O=C(NCc1csc(-c2ccncc2)n1)C(Cc1ccccc1)N1C(=O)c2ccccc2C1=O. The Morgan fingerprint density at radius 1 is 0.912 bits per heavy atom. The number of aromatic nitrogens is 2. The molecule has 168 valence electrons. The molecule has 7 nitrogen and oxygen atoms in total. The number of nitrogens with one attached hydrogen (secondary N) is 1. The van der Waals surface area contributed by atoms with Crippen LogP contribution >= 0.6 is 11.3 Å². The average Bonchev–Trinajstić information content (AvgIpc) is 3.46. The zero-order valence-electron chi connectivity index (χ0n) is 18.0. The van der Waals surface area contributed by atoms with Crippen molar-refractivity contribution in [2.75, 3.05) is 0 Å². The first-order valence-corrected chi connectivity index (χ1v) is 11.6. The molecule has 0 saturated heterocycles. The molecule has 0 spiro atoms. The molecule has 0 saturated carbocycles. The first-order chi connectivity index (χ1) is 16.6. The standard InChI is InChI=1S/C26H20N4O3S/c31-23(28-15-19-16-34-24(29-19)18-10-12-27-13-11-18)22(14-17-6-2-1-3-7-17)30-25(32)20-8-4-5-9-21(20)26(30)33/h1-13,16,22H,14-15H2,(H,28,31). The van der Waals surface area contributed by atoms with Gasteiger partial charge < -0.3 is 5.32 Å². The maximum Gasteiger partial charge on any atom is 0.262 e. The third-order valence-corrected chi connectivity index (χ3v) is 6.57. The van der Waals surface area contributed by atoms with Crippen LogP contribution in [0.2, 0.25) is 0 Å². The van der Waals surface area contributed by atoms with Crippen LogP contribution in [0.25, 0.3) is 10.6 Å². The van der Waals surface area contributed by atoms with Gasteiger partial charge in [0.05, 0.1) is 23.4 Å². The van der Waals surface area contributed by atoms with Gasteiger partial charge in [-0.1, -0.05) is 42.5 Å². The summed E-state index contributed by atoms with van der Waals surface area (Å²) in [7, 11) is 0. The largest absolute Gasteiger partial charge is 0.349 e. The molecule has 1 atom stereocenters. The van der Waals surface area contributed by atoms with Crippen LogP contribution in [0.1, 0.15) is 32.0 Å². The summed E-state index contributed by atoms with van der Waals surface area (Å²) in [6.07, 6.45) is 3.63. The fraction of sp³-hybridized carbons (Fsp3) is 0.115. The predicted molar refractivity (Wildman–Crippen MR) is 128 cm³/mol. The summed E-state index contributed by atoms with van der Waals surface area (Å²) in [6, 6.07) is 18.8. The summed E-state index contributed by atoms with van der Waals surface area (Å²) in [5.41, 5.74) is 3.14. The van der Waals surface area contributed by atoms with Crippen LogP contribution in [0.3, 0.4) is 0 Å². The minimum atomic E-state index is -0.979. The monoisotopic (exact) mass is 468 g/mol. The molecule has 3 heterocycles. The summed E-state index contributed by atoms with van der Waals surface area (Å²) in [5, 5.41) is 5.58. The highest BCUT2D eigenvalue weighted by molar-refractivity contribution is 7.13. The lowest BCUT2D eigenvalue weighted by Crippen LogP contribution is -2.50. The maximum atomic E-state index is 13.3. The van der Waals surface area contributed by atoms with Gasteiger partial charge in [-0.05, 0) is 29.8 Å². The Hall–Kier alpha value is -4.17. The van der Waals surface area contributed by atoms with Crippen molar-refractivity contribution in [3.63, 3.8) is 0 Å².